The van der Waals surface area contributed by atoms with Gasteiger partial charge >= 0.3 is 12.2 Å². The first-order chi connectivity index (χ1) is 15.2. The lowest BCUT2D eigenvalue weighted by molar-refractivity contribution is -0.137. The molecule has 0 fully saturated rings. The van der Waals surface area contributed by atoms with Crippen LogP contribution in [0.25, 0.3) is 0 Å². The quantitative estimate of drug-likeness (QED) is 0.513. The van der Waals surface area contributed by atoms with Gasteiger partial charge in [-0.05, 0) is 53.6 Å². The highest BCUT2D eigenvalue weighted by Crippen LogP contribution is 2.31. The minimum atomic E-state index is -4.53. The number of nitrogens with zero attached hydrogens (tertiary/aromatic N) is 1. The fourth-order valence-corrected chi connectivity index (χ4v) is 3.39. The van der Waals surface area contributed by atoms with Gasteiger partial charge in [0.25, 0.3) is 0 Å². The fraction of sp³-hybridized carbons (Fsp3) is 0.136. The first-order valence-electron chi connectivity index (χ1n) is 9.48. The van der Waals surface area contributed by atoms with Crippen LogP contribution in [0.1, 0.15) is 28.4 Å². The number of hydrogen-bond acceptors (Lipinski definition) is 3. The molecule has 2 aromatic carbocycles. The molecule has 3 amide bonds. The Bertz CT molecular complexity index is 1180. The molecule has 1 atom stereocenters. The lowest BCUT2D eigenvalue weighted by Crippen LogP contribution is -2.34. The molecule has 32 heavy (non-hydrogen) atoms. The molecule has 0 aliphatic carbocycles. The van der Waals surface area contributed by atoms with E-state index < -0.39 is 29.6 Å². The summed E-state index contributed by atoms with van der Waals surface area (Å²) in [4.78, 5) is 28.1. The topological polar surface area (TPSA) is 83.1 Å². The minimum absolute atomic E-state index is 0.147. The Kier molecular flexibility index (Phi) is 5.52. The molecule has 1 aromatic heterocycles. The molecule has 1 aliphatic rings. The molecule has 10 heteroatoms. The van der Waals surface area contributed by atoms with Gasteiger partial charge in [-0.25, -0.2) is 9.18 Å². The number of rotatable bonds is 4. The van der Waals surface area contributed by atoms with E-state index in [0.717, 1.165) is 30.3 Å². The summed E-state index contributed by atoms with van der Waals surface area (Å²) >= 11 is 0. The maximum atomic E-state index is 14.4. The third-order valence-electron chi connectivity index (χ3n) is 4.90. The van der Waals surface area contributed by atoms with Crippen molar-refractivity contribution in [3.63, 3.8) is 0 Å². The molecule has 4 rings (SSSR count). The highest BCUT2D eigenvalue weighted by atomic mass is 19.4. The van der Waals surface area contributed by atoms with Crippen LogP contribution in [-0.4, -0.2) is 16.9 Å². The van der Waals surface area contributed by atoms with Gasteiger partial charge in [-0.2, -0.15) is 13.2 Å². The van der Waals surface area contributed by atoms with Gasteiger partial charge in [0.2, 0.25) is 5.91 Å². The number of aromatic nitrogens is 1. The van der Waals surface area contributed by atoms with Crippen molar-refractivity contribution < 1.29 is 27.2 Å². The normalized spacial score (nSPS) is 13.8. The summed E-state index contributed by atoms with van der Waals surface area (Å²) in [7, 11) is 0. The number of benzene rings is 2. The molecule has 1 aliphatic heterocycles. The van der Waals surface area contributed by atoms with Crippen molar-refractivity contribution in [1.29, 1.82) is 0 Å². The van der Waals surface area contributed by atoms with Gasteiger partial charge in [0, 0.05) is 17.6 Å². The molecule has 2 heterocycles. The summed E-state index contributed by atoms with van der Waals surface area (Å²) in [6, 6.07) is 9.52. The number of halogens is 4. The van der Waals surface area contributed by atoms with E-state index >= 15 is 0 Å². The molecular weight excluding hydrogens is 428 g/mol. The molecule has 164 valence electrons. The summed E-state index contributed by atoms with van der Waals surface area (Å²) in [6.07, 6.45) is -3.03. The van der Waals surface area contributed by atoms with E-state index in [0.29, 0.717) is 16.9 Å². The van der Waals surface area contributed by atoms with Crippen LogP contribution in [-0.2, 0) is 17.4 Å². The number of urea groups is 1. The lowest BCUT2D eigenvalue weighted by Gasteiger charge is -2.20. The average Bonchev–Trinajstić information content (AvgIpc) is 3.11. The molecule has 0 saturated carbocycles. The highest BCUT2D eigenvalue weighted by molar-refractivity contribution is 6.00. The molecule has 3 N–H and O–H groups in total. The van der Waals surface area contributed by atoms with E-state index in [1.165, 1.54) is 12.3 Å². The maximum Gasteiger partial charge on any atom is 0.416 e. The lowest BCUT2D eigenvalue weighted by atomic mass is 10.0. The van der Waals surface area contributed by atoms with Crippen LogP contribution in [0.3, 0.4) is 0 Å². The third kappa shape index (κ3) is 4.53. The Morgan fingerprint density at radius 3 is 2.53 bits per heavy atom. The zero-order chi connectivity index (χ0) is 22.9. The first-order valence-corrected chi connectivity index (χ1v) is 9.48. The van der Waals surface area contributed by atoms with Crippen LogP contribution in [0, 0.1) is 5.82 Å². The van der Waals surface area contributed by atoms with Crippen LogP contribution in [0.2, 0.25) is 0 Å². The smallest absolute Gasteiger partial charge is 0.326 e. The SMILES string of the molecule is O=C1Cc2cc(NC(=O)N[C@@H](c3ccc(C(F)(F)F)cc3)c3ncccc3F)ccc2N1. The Hall–Kier alpha value is -3.95. The summed E-state index contributed by atoms with van der Waals surface area (Å²) < 4.78 is 53.1. The number of anilines is 2. The molecular formula is C22H16F4N4O2. The van der Waals surface area contributed by atoms with Gasteiger partial charge < -0.3 is 16.0 Å². The second kappa shape index (κ2) is 8.29. The van der Waals surface area contributed by atoms with E-state index in [1.807, 2.05) is 0 Å². The van der Waals surface area contributed by atoms with Crippen LogP contribution in [0.5, 0.6) is 0 Å². The number of alkyl halides is 3. The van der Waals surface area contributed by atoms with Gasteiger partial charge in [0.1, 0.15) is 17.6 Å². The zero-order valence-corrected chi connectivity index (χ0v) is 16.3. The predicted molar refractivity (Wildman–Crippen MR) is 108 cm³/mol. The maximum absolute atomic E-state index is 14.4. The van der Waals surface area contributed by atoms with Crippen molar-refractivity contribution in [2.45, 2.75) is 18.6 Å². The third-order valence-corrected chi connectivity index (χ3v) is 4.90. The Morgan fingerprint density at radius 1 is 1.09 bits per heavy atom. The van der Waals surface area contributed by atoms with Gasteiger partial charge in [0.05, 0.1) is 12.0 Å². The number of pyridine rings is 1. The second-order valence-electron chi connectivity index (χ2n) is 7.12. The number of carbonyl (C=O) groups excluding carboxylic acids is 2. The molecule has 0 saturated heterocycles. The van der Waals surface area contributed by atoms with Crippen molar-refractivity contribution in [3.8, 4) is 0 Å². The first kappa shape index (κ1) is 21.3. The predicted octanol–water partition coefficient (Wildman–Crippen LogP) is 4.65. The van der Waals surface area contributed by atoms with Crippen molar-refractivity contribution in [2.75, 3.05) is 10.6 Å². The van der Waals surface area contributed by atoms with Crippen LogP contribution < -0.4 is 16.0 Å². The Morgan fingerprint density at radius 2 is 1.84 bits per heavy atom. The Labute approximate surface area is 179 Å². The van der Waals surface area contributed by atoms with E-state index in [2.05, 4.69) is 20.9 Å². The van der Waals surface area contributed by atoms with Gasteiger partial charge in [0.15, 0.2) is 0 Å². The molecule has 0 spiro atoms. The monoisotopic (exact) mass is 444 g/mol. The number of amides is 3. The summed E-state index contributed by atoms with van der Waals surface area (Å²) in [5.41, 5.74) is 0.959. The molecule has 0 radical (unpaired) electrons. The van der Waals surface area contributed by atoms with E-state index in [9.17, 15) is 27.2 Å². The highest BCUT2D eigenvalue weighted by Gasteiger charge is 2.31. The molecule has 3 aromatic rings. The number of carbonyl (C=O) groups is 2. The second-order valence-corrected chi connectivity index (χ2v) is 7.12. The van der Waals surface area contributed by atoms with Gasteiger partial charge in [-0.1, -0.05) is 12.1 Å². The summed E-state index contributed by atoms with van der Waals surface area (Å²) in [5, 5.41) is 7.83. The largest absolute Gasteiger partial charge is 0.416 e. The van der Waals surface area contributed by atoms with Crippen LogP contribution in [0.15, 0.2) is 60.8 Å². The molecule has 0 unspecified atom stereocenters. The minimum Gasteiger partial charge on any atom is -0.326 e. The van der Waals surface area contributed by atoms with Gasteiger partial charge in [-0.3, -0.25) is 9.78 Å². The Balaban J connectivity index is 1.58. The van der Waals surface area contributed by atoms with E-state index in [-0.39, 0.29) is 23.6 Å². The number of fused-ring (bicyclic) bond motifs is 1. The fourth-order valence-electron chi connectivity index (χ4n) is 3.39. The molecule has 0 bridgehead atoms. The van der Waals surface area contributed by atoms with Crippen molar-refractivity contribution in [3.05, 3.63) is 89.0 Å². The summed E-state index contributed by atoms with van der Waals surface area (Å²) in [6.45, 7) is 0. The molecule has 6 nitrogen and oxygen atoms in total. The van der Waals surface area contributed by atoms with E-state index in [1.54, 1.807) is 18.2 Å². The van der Waals surface area contributed by atoms with Crippen LogP contribution >= 0.6 is 0 Å². The van der Waals surface area contributed by atoms with Crippen LogP contribution in [0.4, 0.5) is 33.7 Å². The van der Waals surface area contributed by atoms with Crippen molar-refractivity contribution in [1.82, 2.24) is 10.3 Å². The van der Waals surface area contributed by atoms with Crippen molar-refractivity contribution >= 4 is 23.3 Å². The van der Waals surface area contributed by atoms with Gasteiger partial charge in [-0.15, -0.1) is 0 Å². The van der Waals surface area contributed by atoms with Crippen molar-refractivity contribution in [2.24, 2.45) is 0 Å². The average molecular weight is 444 g/mol. The zero-order valence-electron chi connectivity index (χ0n) is 16.3. The number of nitrogens with one attached hydrogen (secondary N) is 3. The summed E-state index contributed by atoms with van der Waals surface area (Å²) in [5.74, 6) is -0.880. The number of hydrogen-bond donors (Lipinski definition) is 3. The van der Waals surface area contributed by atoms with E-state index in [4.69, 9.17) is 0 Å². The standard InChI is InChI=1S/C22H16F4N4O2/c23-16-2-1-9-27-20(16)19(12-3-5-14(6-4-12)22(24,25)26)30-21(32)28-15-7-8-17-13(10-15)11-18(31)29-17/h1-10,19H,11H2,(H,29,31)(H2,28,30,32)/t19-/m0/s1.